The quantitative estimate of drug-likeness (QED) is 0.299. The van der Waals surface area contributed by atoms with E-state index in [4.69, 9.17) is 5.11 Å². The summed E-state index contributed by atoms with van der Waals surface area (Å²) in [5.41, 5.74) is 0. The van der Waals surface area contributed by atoms with Crippen molar-refractivity contribution in [3.63, 3.8) is 0 Å². The Kier molecular flexibility index (Phi) is 16.8. The minimum atomic E-state index is -0.177. The van der Waals surface area contributed by atoms with Gasteiger partial charge in [-0.25, -0.2) is 4.79 Å². The van der Waals surface area contributed by atoms with Crippen LogP contribution in [0, 0.1) is 23.7 Å². The second kappa shape index (κ2) is 17.3. The van der Waals surface area contributed by atoms with Crippen molar-refractivity contribution in [1.82, 2.24) is 10.6 Å². The first-order valence-electron chi connectivity index (χ1n) is 11.5. The third kappa shape index (κ3) is 18.4. The van der Waals surface area contributed by atoms with Crippen LogP contribution in [0.15, 0.2) is 0 Å². The maximum atomic E-state index is 11.4. The van der Waals surface area contributed by atoms with E-state index in [1.807, 2.05) is 0 Å². The molecule has 0 aromatic heterocycles. The van der Waals surface area contributed by atoms with Crippen molar-refractivity contribution in [2.45, 2.75) is 98.8 Å². The van der Waals surface area contributed by atoms with Gasteiger partial charge in [0.2, 0.25) is 0 Å². The zero-order valence-electron chi connectivity index (χ0n) is 18.9. The molecule has 0 aromatic rings. The lowest BCUT2D eigenvalue weighted by Gasteiger charge is -2.16. The van der Waals surface area contributed by atoms with Gasteiger partial charge in [-0.15, -0.1) is 0 Å². The van der Waals surface area contributed by atoms with Gasteiger partial charge in [-0.1, -0.05) is 92.4 Å². The summed E-state index contributed by atoms with van der Waals surface area (Å²) >= 11 is 0. The summed E-state index contributed by atoms with van der Waals surface area (Å²) in [5, 5.41) is 14.1. The van der Waals surface area contributed by atoms with Gasteiger partial charge in [0, 0.05) is 13.1 Å². The molecule has 162 valence electrons. The third-order valence-corrected chi connectivity index (χ3v) is 5.59. The first-order chi connectivity index (χ1) is 12.8. The number of rotatable bonds is 17. The Labute approximate surface area is 169 Å². The molecule has 3 N–H and O–H groups in total. The predicted octanol–water partition coefficient (Wildman–Crippen LogP) is 5.74. The number of carbonyl (C=O) groups excluding carboxylic acids is 1. The van der Waals surface area contributed by atoms with Crippen LogP contribution in [0.5, 0.6) is 0 Å². The Bertz CT molecular complexity index is 347. The lowest BCUT2D eigenvalue weighted by Crippen LogP contribution is -2.37. The summed E-state index contributed by atoms with van der Waals surface area (Å²) in [6.07, 6.45) is 13.2. The highest BCUT2D eigenvalue weighted by molar-refractivity contribution is 5.73. The molecular weight excluding hydrogens is 336 g/mol. The van der Waals surface area contributed by atoms with Gasteiger partial charge in [0.15, 0.2) is 0 Å². The molecule has 27 heavy (non-hydrogen) atoms. The van der Waals surface area contributed by atoms with Crippen LogP contribution in [-0.2, 0) is 0 Å². The molecular formula is C23H48N2O2. The van der Waals surface area contributed by atoms with Crippen molar-refractivity contribution in [3.05, 3.63) is 0 Å². The van der Waals surface area contributed by atoms with Gasteiger partial charge in [-0.3, -0.25) is 0 Å². The highest BCUT2D eigenvalue weighted by Gasteiger charge is 2.08. The van der Waals surface area contributed by atoms with Gasteiger partial charge in [-0.05, 0) is 30.1 Å². The molecule has 0 spiro atoms. The van der Waals surface area contributed by atoms with Gasteiger partial charge in [0.05, 0.1) is 6.61 Å². The zero-order valence-corrected chi connectivity index (χ0v) is 18.9. The summed E-state index contributed by atoms with van der Waals surface area (Å²) < 4.78 is 0. The molecule has 0 saturated heterocycles. The van der Waals surface area contributed by atoms with Crippen LogP contribution in [0.25, 0.3) is 0 Å². The summed E-state index contributed by atoms with van der Waals surface area (Å²) in [6, 6.07) is -0.177. The van der Waals surface area contributed by atoms with Gasteiger partial charge >= 0.3 is 6.03 Å². The summed E-state index contributed by atoms with van der Waals surface area (Å²) in [6.45, 7) is 12.7. The topological polar surface area (TPSA) is 61.4 Å². The summed E-state index contributed by atoms with van der Waals surface area (Å²) in [4.78, 5) is 11.4. The van der Waals surface area contributed by atoms with Crippen LogP contribution in [0.4, 0.5) is 4.79 Å². The maximum absolute atomic E-state index is 11.4. The predicted molar refractivity (Wildman–Crippen MR) is 117 cm³/mol. The largest absolute Gasteiger partial charge is 0.395 e. The molecule has 0 heterocycles. The first-order valence-corrected chi connectivity index (χ1v) is 11.5. The lowest BCUT2D eigenvalue weighted by molar-refractivity contribution is 0.233. The van der Waals surface area contributed by atoms with E-state index >= 15 is 0 Å². The summed E-state index contributed by atoms with van der Waals surface area (Å²) in [7, 11) is 0. The van der Waals surface area contributed by atoms with E-state index in [9.17, 15) is 4.79 Å². The van der Waals surface area contributed by atoms with E-state index in [0.717, 1.165) is 24.2 Å². The van der Waals surface area contributed by atoms with Gasteiger partial charge in [0.25, 0.3) is 0 Å². The molecule has 4 heteroatoms. The molecule has 0 aromatic carbocycles. The number of urea groups is 1. The molecule has 0 aliphatic heterocycles. The second-order valence-electron chi connectivity index (χ2n) is 9.20. The molecule has 4 nitrogen and oxygen atoms in total. The highest BCUT2D eigenvalue weighted by atomic mass is 16.3. The maximum Gasteiger partial charge on any atom is 0.314 e. The number of aliphatic hydroxyl groups excluding tert-OH is 1. The fraction of sp³-hybridized carbons (Fsp3) is 0.957. The third-order valence-electron chi connectivity index (χ3n) is 5.59. The monoisotopic (exact) mass is 384 g/mol. The van der Waals surface area contributed by atoms with Crippen LogP contribution in [0.3, 0.4) is 0 Å². The molecule has 0 radical (unpaired) electrons. The van der Waals surface area contributed by atoms with Crippen molar-refractivity contribution >= 4 is 6.03 Å². The normalized spacial score (nSPS) is 14.8. The molecule has 0 aliphatic carbocycles. The van der Waals surface area contributed by atoms with Crippen LogP contribution in [-0.4, -0.2) is 30.8 Å². The second-order valence-corrected chi connectivity index (χ2v) is 9.20. The van der Waals surface area contributed by atoms with Crippen molar-refractivity contribution in [3.8, 4) is 0 Å². The number of aliphatic hydroxyl groups is 1. The number of amides is 2. The Morgan fingerprint density at radius 3 is 1.52 bits per heavy atom. The van der Waals surface area contributed by atoms with Crippen LogP contribution >= 0.6 is 0 Å². The van der Waals surface area contributed by atoms with Crippen molar-refractivity contribution in [2.75, 3.05) is 19.7 Å². The minimum absolute atomic E-state index is 0.0148. The Hall–Kier alpha value is -0.770. The number of hydrogen-bond donors (Lipinski definition) is 3. The molecule has 3 atom stereocenters. The van der Waals surface area contributed by atoms with Crippen molar-refractivity contribution < 1.29 is 9.90 Å². The first kappa shape index (κ1) is 26.2. The highest BCUT2D eigenvalue weighted by Crippen LogP contribution is 2.22. The number of carbonyl (C=O) groups is 1. The van der Waals surface area contributed by atoms with E-state index in [1.54, 1.807) is 0 Å². The molecule has 3 unspecified atom stereocenters. The molecule has 0 rings (SSSR count). The summed E-state index contributed by atoms with van der Waals surface area (Å²) in [5.74, 6) is 3.22. The Balaban J connectivity index is 3.56. The van der Waals surface area contributed by atoms with Gasteiger partial charge in [0.1, 0.15) is 0 Å². The molecule has 2 amide bonds. The average molecular weight is 385 g/mol. The molecule has 0 fully saturated rings. The number of nitrogens with one attached hydrogen (secondary N) is 2. The van der Waals surface area contributed by atoms with Crippen molar-refractivity contribution in [2.24, 2.45) is 23.7 Å². The van der Waals surface area contributed by atoms with Crippen LogP contribution in [0.1, 0.15) is 98.8 Å². The average Bonchev–Trinajstić information content (AvgIpc) is 2.59. The van der Waals surface area contributed by atoms with Gasteiger partial charge in [-0.2, -0.15) is 0 Å². The SMILES string of the molecule is CC(C)CCCC(C)CCCC(C)CCCC(C)CCNC(=O)NCCO. The molecule has 0 aliphatic rings. The van der Waals surface area contributed by atoms with Crippen molar-refractivity contribution in [1.29, 1.82) is 0 Å². The van der Waals surface area contributed by atoms with Crippen LogP contribution in [0.2, 0.25) is 0 Å². The van der Waals surface area contributed by atoms with E-state index in [0.29, 0.717) is 19.0 Å². The zero-order chi connectivity index (χ0) is 20.5. The Morgan fingerprint density at radius 1 is 0.667 bits per heavy atom. The van der Waals surface area contributed by atoms with E-state index in [2.05, 4.69) is 45.3 Å². The smallest absolute Gasteiger partial charge is 0.314 e. The number of hydrogen-bond acceptors (Lipinski definition) is 2. The minimum Gasteiger partial charge on any atom is -0.395 e. The fourth-order valence-corrected chi connectivity index (χ4v) is 3.60. The molecule has 0 bridgehead atoms. The fourth-order valence-electron chi connectivity index (χ4n) is 3.60. The van der Waals surface area contributed by atoms with E-state index in [-0.39, 0.29) is 12.6 Å². The van der Waals surface area contributed by atoms with Gasteiger partial charge < -0.3 is 15.7 Å². The molecule has 0 saturated carbocycles. The van der Waals surface area contributed by atoms with Crippen LogP contribution < -0.4 is 10.6 Å². The van der Waals surface area contributed by atoms with E-state index in [1.165, 1.54) is 57.8 Å². The van der Waals surface area contributed by atoms with E-state index < -0.39 is 0 Å². The Morgan fingerprint density at radius 2 is 1.07 bits per heavy atom. The lowest BCUT2D eigenvalue weighted by atomic mass is 9.91. The standard InChI is InChI=1S/C23H48N2O2/c1-19(2)9-6-10-20(3)11-7-12-21(4)13-8-14-22(5)15-16-24-23(27)25-17-18-26/h19-22,26H,6-18H2,1-5H3,(H2,24,25,27).